The third-order valence-electron chi connectivity index (χ3n) is 3.72. The van der Waals surface area contributed by atoms with E-state index in [0.717, 1.165) is 47.9 Å². The van der Waals surface area contributed by atoms with E-state index in [9.17, 15) is 0 Å². The summed E-state index contributed by atoms with van der Waals surface area (Å²) >= 11 is 5.95. The molecule has 0 unspecified atom stereocenters. The number of anilines is 1. The number of unbranched alkanes of at least 4 members (excludes halogenated alkanes) is 1. The van der Waals surface area contributed by atoms with E-state index in [4.69, 9.17) is 21.6 Å². The van der Waals surface area contributed by atoms with E-state index in [1.165, 1.54) is 0 Å². The predicted octanol–water partition coefficient (Wildman–Crippen LogP) is 5.45. The largest absolute Gasteiger partial charge is 0.338 e. The van der Waals surface area contributed by atoms with Crippen molar-refractivity contribution >= 4 is 34.5 Å². The van der Waals surface area contributed by atoms with Gasteiger partial charge < -0.3 is 5.32 Å². The van der Waals surface area contributed by atoms with Crippen LogP contribution in [0.1, 0.15) is 25.3 Å². The molecule has 3 rings (SSSR count). The zero-order valence-electron chi connectivity index (χ0n) is 13.7. The van der Waals surface area contributed by atoms with Gasteiger partial charge in [-0.1, -0.05) is 55.3 Å². The Hall–Kier alpha value is -2.39. The average Bonchev–Trinajstić information content (AvgIpc) is 3.01. The molecule has 0 saturated heterocycles. The van der Waals surface area contributed by atoms with Gasteiger partial charge in [0.25, 0.3) is 0 Å². The minimum Gasteiger partial charge on any atom is -0.338 e. The molecule has 0 bridgehead atoms. The van der Waals surface area contributed by atoms with Crippen LogP contribution in [0.5, 0.6) is 0 Å². The highest BCUT2D eigenvalue weighted by Crippen LogP contribution is 2.22. The molecule has 1 N–H and O–H groups in total. The lowest BCUT2D eigenvalue weighted by molar-refractivity contribution is 0.809. The molecule has 0 amide bonds. The summed E-state index contributed by atoms with van der Waals surface area (Å²) < 4.78 is 0. The lowest BCUT2D eigenvalue weighted by Crippen LogP contribution is -2.19. The number of halogens is 1. The van der Waals surface area contributed by atoms with Crippen molar-refractivity contribution in [2.24, 2.45) is 9.98 Å². The number of amidine groups is 1. The fourth-order valence-electron chi connectivity index (χ4n) is 2.40. The van der Waals surface area contributed by atoms with E-state index in [1.54, 1.807) is 0 Å². The molecule has 1 aliphatic heterocycles. The molecule has 0 saturated carbocycles. The number of nitrogens with zero attached hydrogens (tertiary/aromatic N) is 2. The number of hydrogen-bond donors (Lipinski definition) is 1. The number of aliphatic imine (C=N–C) groups is 2. The Labute approximate surface area is 147 Å². The Balaban J connectivity index is 1.86. The third kappa shape index (κ3) is 4.12. The topological polar surface area (TPSA) is 36.8 Å². The van der Waals surface area contributed by atoms with Gasteiger partial charge >= 0.3 is 0 Å². The molecule has 1 heterocycles. The van der Waals surface area contributed by atoms with Crippen LogP contribution >= 0.6 is 11.6 Å². The van der Waals surface area contributed by atoms with E-state index in [2.05, 4.69) is 24.4 Å². The molecule has 0 fully saturated rings. The zero-order chi connectivity index (χ0) is 16.8. The molecule has 0 atom stereocenters. The van der Waals surface area contributed by atoms with E-state index in [-0.39, 0.29) is 0 Å². The van der Waals surface area contributed by atoms with Gasteiger partial charge in [0.15, 0.2) is 5.84 Å². The van der Waals surface area contributed by atoms with Crippen LogP contribution in [0.25, 0.3) is 5.70 Å². The van der Waals surface area contributed by atoms with Crippen LogP contribution in [0.3, 0.4) is 0 Å². The summed E-state index contributed by atoms with van der Waals surface area (Å²) in [4.78, 5) is 9.44. The van der Waals surface area contributed by atoms with Crippen molar-refractivity contribution in [2.45, 2.75) is 19.8 Å². The molecule has 2 aromatic carbocycles. The van der Waals surface area contributed by atoms with E-state index < -0.39 is 0 Å². The molecule has 4 heteroatoms. The SMILES string of the molecule is CCCCN=C1C=C(c2ccccc2)N=C1Nc1ccc(Cl)cc1. The zero-order valence-corrected chi connectivity index (χ0v) is 14.4. The van der Waals surface area contributed by atoms with Gasteiger partial charge in [-0.05, 0) is 36.8 Å². The summed E-state index contributed by atoms with van der Waals surface area (Å²) in [7, 11) is 0. The van der Waals surface area contributed by atoms with Gasteiger partial charge in [0.05, 0.1) is 5.70 Å². The molecular formula is C20H20ClN3. The van der Waals surface area contributed by atoms with Gasteiger partial charge in [0.2, 0.25) is 0 Å². The second kappa shape index (κ2) is 7.93. The van der Waals surface area contributed by atoms with Gasteiger partial charge in [-0.15, -0.1) is 0 Å². The number of hydrogen-bond acceptors (Lipinski definition) is 3. The number of nitrogens with one attached hydrogen (secondary N) is 1. The summed E-state index contributed by atoms with van der Waals surface area (Å²) in [5.41, 5.74) is 3.87. The first-order valence-corrected chi connectivity index (χ1v) is 8.57. The van der Waals surface area contributed by atoms with E-state index in [1.807, 2.05) is 48.5 Å². The minimum absolute atomic E-state index is 0.717. The Morgan fingerprint density at radius 2 is 1.79 bits per heavy atom. The minimum atomic E-state index is 0.717. The fourth-order valence-corrected chi connectivity index (χ4v) is 2.53. The molecule has 2 aromatic rings. The van der Waals surface area contributed by atoms with Crippen LogP contribution in [-0.2, 0) is 0 Å². The Bertz CT molecular complexity index is 774. The van der Waals surface area contributed by atoms with Crippen molar-refractivity contribution < 1.29 is 0 Å². The van der Waals surface area contributed by atoms with Gasteiger partial charge in [-0.3, -0.25) is 4.99 Å². The maximum Gasteiger partial charge on any atom is 0.156 e. The monoisotopic (exact) mass is 337 g/mol. The van der Waals surface area contributed by atoms with Crippen LogP contribution in [0.2, 0.25) is 5.02 Å². The van der Waals surface area contributed by atoms with Gasteiger partial charge in [0, 0.05) is 22.8 Å². The first-order chi connectivity index (χ1) is 11.8. The highest BCUT2D eigenvalue weighted by atomic mass is 35.5. The lowest BCUT2D eigenvalue weighted by Gasteiger charge is -2.07. The highest BCUT2D eigenvalue weighted by Gasteiger charge is 2.17. The third-order valence-corrected chi connectivity index (χ3v) is 3.97. The smallest absolute Gasteiger partial charge is 0.156 e. The maximum atomic E-state index is 5.95. The summed E-state index contributed by atoms with van der Waals surface area (Å²) in [6.07, 6.45) is 4.25. The quantitative estimate of drug-likeness (QED) is 0.724. The summed E-state index contributed by atoms with van der Waals surface area (Å²) in [6, 6.07) is 17.8. The predicted molar refractivity (Wildman–Crippen MR) is 104 cm³/mol. The van der Waals surface area contributed by atoms with Crippen molar-refractivity contribution in [3.05, 3.63) is 71.3 Å². The Morgan fingerprint density at radius 1 is 1.04 bits per heavy atom. The van der Waals surface area contributed by atoms with Gasteiger partial charge in [0.1, 0.15) is 5.71 Å². The molecule has 122 valence electrons. The molecule has 0 aliphatic carbocycles. The van der Waals surface area contributed by atoms with Crippen LogP contribution in [0.15, 0.2) is 70.7 Å². The second-order valence-corrected chi connectivity index (χ2v) is 6.04. The first-order valence-electron chi connectivity index (χ1n) is 8.19. The summed E-state index contributed by atoms with van der Waals surface area (Å²) in [6.45, 7) is 2.98. The molecule has 3 nitrogen and oxygen atoms in total. The average molecular weight is 338 g/mol. The molecule has 0 aromatic heterocycles. The van der Waals surface area contributed by atoms with Crippen molar-refractivity contribution in [2.75, 3.05) is 11.9 Å². The summed E-state index contributed by atoms with van der Waals surface area (Å²) in [5, 5.41) is 4.07. The van der Waals surface area contributed by atoms with Gasteiger partial charge in [-0.25, -0.2) is 4.99 Å². The van der Waals surface area contributed by atoms with E-state index >= 15 is 0 Å². The highest BCUT2D eigenvalue weighted by molar-refractivity contribution is 6.53. The molecular weight excluding hydrogens is 318 g/mol. The number of benzene rings is 2. The molecule has 0 radical (unpaired) electrons. The fraction of sp³-hybridized carbons (Fsp3) is 0.200. The van der Waals surface area contributed by atoms with E-state index in [0.29, 0.717) is 5.02 Å². The molecule has 1 aliphatic rings. The standard InChI is InChI=1S/C20H20ClN3/c1-2-3-13-22-19-14-18(15-7-5-4-6-8-15)24-20(19)23-17-11-9-16(21)10-12-17/h4-12,14H,2-3,13H2,1H3,(H,22,23,24). The first kappa shape index (κ1) is 16.5. The Morgan fingerprint density at radius 3 is 2.50 bits per heavy atom. The van der Waals surface area contributed by atoms with Crippen LogP contribution in [-0.4, -0.2) is 18.1 Å². The van der Waals surface area contributed by atoms with Crippen molar-refractivity contribution in [3.63, 3.8) is 0 Å². The van der Waals surface area contributed by atoms with Crippen molar-refractivity contribution in [1.82, 2.24) is 0 Å². The van der Waals surface area contributed by atoms with Crippen LogP contribution in [0, 0.1) is 0 Å². The summed E-state index contributed by atoms with van der Waals surface area (Å²) in [5.74, 6) is 0.785. The van der Waals surface area contributed by atoms with Gasteiger partial charge in [-0.2, -0.15) is 0 Å². The maximum absolute atomic E-state index is 5.95. The van der Waals surface area contributed by atoms with Crippen molar-refractivity contribution in [1.29, 1.82) is 0 Å². The normalized spacial score (nSPS) is 15.3. The van der Waals surface area contributed by atoms with Crippen LogP contribution < -0.4 is 5.32 Å². The number of rotatable bonds is 5. The molecule has 24 heavy (non-hydrogen) atoms. The van der Waals surface area contributed by atoms with Crippen LogP contribution in [0.4, 0.5) is 5.69 Å². The van der Waals surface area contributed by atoms with Crippen molar-refractivity contribution in [3.8, 4) is 0 Å². The lowest BCUT2D eigenvalue weighted by atomic mass is 10.1. The molecule has 0 spiro atoms. The second-order valence-electron chi connectivity index (χ2n) is 5.61. The Kier molecular flexibility index (Phi) is 5.44.